The molecule has 20 heavy (non-hydrogen) atoms. The Balaban J connectivity index is 2.30. The van der Waals surface area contributed by atoms with E-state index >= 15 is 0 Å². The molecule has 1 aromatic heterocycles. The van der Waals surface area contributed by atoms with Gasteiger partial charge in [0.2, 0.25) is 5.82 Å². The molecule has 0 aliphatic heterocycles. The van der Waals surface area contributed by atoms with Gasteiger partial charge in [0.25, 0.3) is 0 Å². The minimum absolute atomic E-state index is 0.190. The number of H-pyrrole nitrogens is 1. The zero-order valence-electron chi connectivity index (χ0n) is 9.72. The summed E-state index contributed by atoms with van der Waals surface area (Å²) in [4.78, 5) is 0. The average Bonchev–Trinajstić information content (AvgIpc) is 2.96. The smallest absolute Gasteiger partial charge is 0.216 e. The van der Waals surface area contributed by atoms with Gasteiger partial charge in [-0.2, -0.15) is 15.7 Å². The second kappa shape index (κ2) is 6.32. The fraction of sp³-hybridized carbons (Fsp3) is 0. The SMILES string of the molecule is N#CC(=CNc1cc(Cl)c(C#N)cc1I)c1nn[nH]n1. The van der Waals surface area contributed by atoms with Crippen molar-refractivity contribution in [2.24, 2.45) is 0 Å². The largest absolute Gasteiger partial charge is 0.359 e. The van der Waals surface area contributed by atoms with E-state index in [1.807, 2.05) is 12.1 Å². The van der Waals surface area contributed by atoms with Crippen LogP contribution in [0.25, 0.3) is 5.57 Å². The first-order valence-corrected chi connectivity index (χ1v) is 6.61. The highest BCUT2D eigenvalue weighted by molar-refractivity contribution is 14.1. The van der Waals surface area contributed by atoms with Crippen molar-refractivity contribution in [2.45, 2.75) is 0 Å². The normalized spacial score (nSPS) is 10.7. The van der Waals surface area contributed by atoms with Crippen LogP contribution in [0.3, 0.4) is 0 Å². The second-order valence-electron chi connectivity index (χ2n) is 3.47. The maximum atomic E-state index is 9.03. The highest BCUT2D eigenvalue weighted by Crippen LogP contribution is 2.26. The minimum atomic E-state index is 0.190. The molecule has 9 heteroatoms. The Morgan fingerprint density at radius 2 is 2.25 bits per heavy atom. The number of rotatable bonds is 3. The molecule has 0 aliphatic carbocycles. The quantitative estimate of drug-likeness (QED) is 0.607. The van der Waals surface area contributed by atoms with Crippen molar-refractivity contribution in [2.75, 3.05) is 5.32 Å². The Kier molecular flexibility index (Phi) is 4.50. The van der Waals surface area contributed by atoms with Crippen LogP contribution in [-0.2, 0) is 0 Å². The summed E-state index contributed by atoms with van der Waals surface area (Å²) in [7, 11) is 0. The minimum Gasteiger partial charge on any atom is -0.359 e. The molecule has 1 heterocycles. The third kappa shape index (κ3) is 3.04. The fourth-order valence-corrected chi connectivity index (χ4v) is 2.14. The molecular formula is C11H5ClIN7. The van der Waals surface area contributed by atoms with Gasteiger partial charge in [-0.05, 0) is 39.9 Å². The third-order valence-electron chi connectivity index (χ3n) is 2.26. The van der Waals surface area contributed by atoms with E-state index in [4.69, 9.17) is 22.1 Å². The van der Waals surface area contributed by atoms with Crippen LogP contribution in [0, 0.1) is 26.2 Å². The van der Waals surface area contributed by atoms with Gasteiger partial charge in [-0.1, -0.05) is 11.6 Å². The van der Waals surface area contributed by atoms with Gasteiger partial charge in [-0.15, -0.1) is 10.2 Å². The van der Waals surface area contributed by atoms with E-state index in [9.17, 15) is 0 Å². The molecular weight excluding hydrogens is 393 g/mol. The molecule has 0 spiro atoms. The van der Waals surface area contributed by atoms with E-state index in [1.54, 1.807) is 12.1 Å². The average molecular weight is 398 g/mol. The molecule has 98 valence electrons. The number of aromatic nitrogens is 4. The zero-order valence-corrected chi connectivity index (χ0v) is 12.6. The number of benzene rings is 1. The summed E-state index contributed by atoms with van der Waals surface area (Å²) >= 11 is 8.02. The summed E-state index contributed by atoms with van der Waals surface area (Å²) in [6.45, 7) is 0. The summed E-state index contributed by atoms with van der Waals surface area (Å²) in [5, 5.41) is 34.3. The molecule has 0 atom stereocenters. The van der Waals surface area contributed by atoms with Crippen molar-refractivity contribution >= 4 is 45.5 Å². The molecule has 0 unspecified atom stereocenters. The first kappa shape index (κ1) is 14.2. The van der Waals surface area contributed by atoms with Crippen molar-refractivity contribution in [3.05, 3.63) is 38.3 Å². The van der Waals surface area contributed by atoms with Crippen LogP contribution >= 0.6 is 34.2 Å². The van der Waals surface area contributed by atoms with Crippen LogP contribution in [0.4, 0.5) is 5.69 Å². The third-order valence-corrected chi connectivity index (χ3v) is 3.46. The Bertz CT molecular complexity index is 739. The van der Waals surface area contributed by atoms with Crippen LogP contribution in [0.5, 0.6) is 0 Å². The fourth-order valence-electron chi connectivity index (χ4n) is 1.32. The van der Waals surface area contributed by atoms with E-state index in [2.05, 4.69) is 48.5 Å². The highest BCUT2D eigenvalue weighted by Gasteiger charge is 2.08. The van der Waals surface area contributed by atoms with Gasteiger partial charge in [0, 0.05) is 9.77 Å². The van der Waals surface area contributed by atoms with E-state index in [0.717, 1.165) is 3.57 Å². The molecule has 0 fully saturated rings. The number of halogens is 2. The van der Waals surface area contributed by atoms with Gasteiger partial charge in [-0.25, -0.2) is 0 Å². The number of nitrogens with zero attached hydrogens (tertiary/aromatic N) is 5. The summed E-state index contributed by atoms with van der Waals surface area (Å²) in [6.07, 6.45) is 1.45. The highest BCUT2D eigenvalue weighted by atomic mass is 127. The summed E-state index contributed by atoms with van der Waals surface area (Å²) < 4.78 is 0.796. The van der Waals surface area contributed by atoms with Gasteiger partial charge in [0.05, 0.1) is 16.3 Å². The number of nitrogens with one attached hydrogen (secondary N) is 2. The first-order chi connectivity index (χ1) is 9.65. The van der Waals surface area contributed by atoms with E-state index in [1.165, 1.54) is 6.20 Å². The van der Waals surface area contributed by atoms with E-state index < -0.39 is 0 Å². The molecule has 2 rings (SSSR count). The number of allylic oxidation sites excluding steroid dienone is 1. The molecule has 0 radical (unpaired) electrons. The lowest BCUT2D eigenvalue weighted by Gasteiger charge is -2.06. The lowest BCUT2D eigenvalue weighted by atomic mass is 10.2. The molecule has 0 bridgehead atoms. The van der Waals surface area contributed by atoms with Crippen LogP contribution in [-0.4, -0.2) is 20.6 Å². The summed E-state index contributed by atoms with van der Waals surface area (Å²) in [5.74, 6) is 0.190. The van der Waals surface area contributed by atoms with Crippen LogP contribution < -0.4 is 5.32 Å². The molecule has 0 saturated heterocycles. The summed E-state index contributed by atoms with van der Waals surface area (Å²) in [5.41, 5.74) is 1.28. The van der Waals surface area contributed by atoms with Gasteiger partial charge >= 0.3 is 0 Å². The standard InChI is InChI=1S/C11H5ClIN7/c12-8-2-10(9(13)1-6(8)3-14)16-5-7(4-15)11-17-19-20-18-11/h1-2,5,16H,(H,17,18,19,20). The lowest BCUT2D eigenvalue weighted by molar-refractivity contribution is 0.881. The molecule has 0 aliphatic rings. The predicted octanol–water partition coefficient (Wildman–Crippen LogP) is 2.31. The van der Waals surface area contributed by atoms with Crippen molar-refractivity contribution in [3.63, 3.8) is 0 Å². The van der Waals surface area contributed by atoms with Crippen LogP contribution in [0.15, 0.2) is 18.3 Å². The second-order valence-corrected chi connectivity index (χ2v) is 5.04. The number of nitriles is 2. The number of aromatic amines is 1. The Morgan fingerprint density at radius 3 is 2.85 bits per heavy atom. The molecule has 2 N–H and O–H groups in total. The Hall–Kier alpha value is -2.17. The van der Waals surface area contributed by atoms with Crippen LogP contribution in [0.2, 0.25) is 5.02 Å². The lowest BCUT2D eigenvalue weighted by Crippen LogP contribution is -1.96. The molecule has 0 saturated carbocycles. The molecule has 7 nitrogen and oxygen atoms in total. The van der Waals surface area contributed by atoms with Crippen molar-refractivity contribution < 1.29 is 0 Å². The van der Waals surface area contributed by atoms with Crippen LogP contribution in [0.1, 0.15) is 11.4 Å². The number of hydrogen-bond acceptors (Lipinski definition) is 6. The topological polar surface area (TPSA) is 114 Å². The molecule has 2 aromatic rings. The van der Waals surface area contributed by atoms with Gasteiger partial charge in [-0.3, -0.25) is 0 Å². The number of hydrogen-bond donors (Lipinski definition) is 2. The van der Waals surface area contributed by atoms with Crippen molar-refractivity contribution in [3.8, 4) is 12.1 Å². The van der Waals surface area contributed by atoms with Gasteiger partial charge < -0.3 is 5.32 Å². The molecule has 0 amide bonds. The molecule has 1 aromatic carbocycles. The number of tetrazole rings is 1. The first-order valence-electron chi connectivity index (χ1n) is 5.15. The summed E-state index contributed by atoms with van der Waals surface area (Å²) in [6, 6.07) is 7.22. The van der Waals surface area contributed by atoms with Gasteiger partial charge in [0.15, 0.2) is 0 Å². The van der Waals surface area contributed by atoms with Crippen molar-refractivity contribution in [1.82, 2.24) is 20.6 Å². The zero-order chi connectivity index (χ0) is 14.5. The number of anilines is 1. The maximum Gasteiger partial charge on any atom is 0.216 e. The van der Waals surface area contributed by atoms with E-state index in [-0.39, 0.29) is 11.4 Å². The Labute approximate surface area is 132 Å². The predicted molar refractivity (Wildman–Crippen MR) is 80.3 cm³/mol. The monoisotopic (exact) mass is 397 g/mol. The van der Waals surface area contributed by atoms with Gasteiger partial charge in [0.1, 0.15) is 17.7 Å². The van der Waals surface area contributed by atoms with E-state index in [0.29, 0.717) is 16.3 Å². The van der Waals surface area contributed by atoms with Crippen molar-refractivity contribution in [1.29, 1.82) is 10.5 Å². The maximum absolute atomic E-state index is 9.03. The Morgan fingerprint density at radius 1 is 1.45 bits per heavy atom.